The molecule has 0 radical (unpaired) electrons. The fraction of sp³-hybridized carbons (Fsp3) is 0.562. The number of rotatable bonds is 11. The van der Waals surface area contributed by atoms with Gasteiger partial charge in [0.15, 0.2) is 0 Å². The molecule has 1 aromatic carbocycles. The monoisotopic (exact) mass is 504 g/mol. The molecule has 5 heteroatoms. The highest BCUT2D eigenvalue weighted by Crippen LogP contribution is 2.38. The molecule has 2 heterocycles. The maximum atomic E-state index is 14.0. The molecule has 3 rings (SSSR count). The first kappa shape index (κ1) is 28.9. The van der Waals surface area contributed by atoms with Gasteiger partial charge in [0, 0.05) is 25.0 Å². The van der Waals surface area contributed by atoms with Gasteiger partial charge in [0.1, 0.15) is 0 Å². The highest BCUT2D eigenvalue weighted by atomic mass is 16.2. The van der Waals surface area contributed by atoms with E-state index in [0.29, 0.717) is 11.8 Å². The second-order valence-corrected chi connectivity index (χ2v) is 12.1. The molecule has 2 N–H and O–H groups in total. The van der Waals surface area contributed by atoms with E-state index in [9.17, 15) is 4.79 Å². The zero-order valence-corrected chi connectivity index (χ0v) is 24.7. The Morgan fingerprint density at radius 1 is 1.05 bits per heavy atom. The number of nitrogens with zero attached hydrogens (tertiary/aromatic N) is 2. The van der Waals surface area contributed by atoms with Crippen LogP contribution in [0.1, 0.15) is 83.2 Å². The molecule has 2 aromatic heterocycles. The molecule has 0 bridgehead atoms. The minimum atomic E-state index is -0.725. The molecule has 0 spiro atoms. The molecular weight excluding hydrogens is 456 g/mol. The van der Waals surface area contributed by atoms with Crippen molar-refractivity contribution in [3.63, 3.8) is 0 Å². The van der Waals surface area contributed by atoms with E-state index in [4.69, 9.17) is 4.98 Å². The Bertz CT molecular complexity index is 1200. The van der Waals surface area contributed by atoms with Crippen molar-refractivity contribution in [3.8, 4) is 11.3 Å². The van der Waals surface area contributed by atoms with Crippen molar-refractivity contribution in [2.45, 2.75) is 80.1 Å². The van der Waals surface area contributed by atoms with Crippen LogP contribution in [0.2, 0.25) is 0 Å². The van der Waals surface area contributed by atoms with Crippen molar-refractivity contribution in [2.75, 3.05) is 26.7 Å². The van der Waals surface area contributed by atoms with Crippen molar-refractivity contribution < 1.29 is 4.79 Å². The number of amides is 1. The van der Waals surface area contributed by atoms with Crippen molar-refractivity contribution in [3.05, 3.63) is 52.8 Å². The molecule has 37 heavy (non-hydrogen) atoms. The number of carbonyl (C=O) groups excluding carboxylic acids is 1. The number of likely N-dealkylation sites (N-methyl/N-ethyl adjacent to an activating group) is 1. The number of fused-ring (bicyclic) bond motifs is 1. The van der Waals surface area contributed by atoms with Crippen LogP contribution in [0.3, 0.4) is 0 Å². The molecule has 1 unspecified atom stereocenters. The third-order valence-corrected chi connectivity index (χ3v) is 7.51. The summed E-state index contributed by atoms with van der Waals surface area (Å²) in [5.74, 6) is 1.32. The van der Waals surface area contributed by atoms with Crippen LogP contribution in [0.4, 0.5) is 0 Å². The summed E-state index contributed by atoms with van der Waals surface area (Å²) < 4.78 is 0. The Balaban J connectivity index is 2.14. The fourth-order valence-corrected chi connectivity index (χ4v) is 5.41. The highest BCUT2D eigenvalue weighted by molar-refractivity contribution is 5.93. The van der Waals surface area contributed by atoms with E-state index in [0.717, 1.165) is 48.3 Å². The highest BCUT2D eigenvalue weighted by Gasteiger charge is 2.36. The molecule has 0 aliphatic carbocycles. The van der Waals surface area contributed by atoms with E-state index in [1.54, 1.807) is 0 Å². The normalized spacial score (nSPS) is 13.8. The van der Waals surface area contributed by atoms with Gasteiger partial charge < -0.3 is 15.2 Å². The lowest BCUT2D eigenvalue weighted by molar-refractivity contribution is -0.137. The van der Waals surface area contributed by atoms with Crippen LogP contribution < -0.4 is 5.32 Å². The summed E-state index contributed by atoms with van der Waals surface area (Å²) >= 11 is 0. The number of aromatic nitrogens is 2. The minimum absolute atomic E-state index is 0.156. The van der Waals surface area contributed by atoms with Crippen LogP contribution in [-0.4, -0.2) is 47.5 Å². The largest absolute Gasteiger partial charge is 0.353 e. The zero-order valence-electron chi connectivity index (χ0n) is 24.7. The molecule has 202 valence electrons. The van der Waals surface area contributed by atoms with Gasteiger partial charge in [-0.05, 0) is 81.8 Å². The molecular formula is C32H48N4O. The Kier molecular flexibility index (Phi) is 9.22. The van der Waals surface area contributed by atoms with Gasteiger partial charge in [0.25, 0.3) is 0 Å². The summed E-state index contributed by atoms with van der Waals surface area (Å²) in [7, 11) is 2.00. The molecule has 3 aromatic rings. The number of carbonyl (C=O) groups is 1. The number of benzene rings is 1. The van der Waals surface area contributed by atoms with E-state index in [-0.39, 0.29) is 11.8 Å². The zero-order chi connectivity index (χ0) is 27.5. The van der Waals surface area contributed by atoms with E-state index >= 15 is 0 Å². The number of aryl methyl sites for hydroxylation is 2. The number of nitrogens with one attached hydrogen (secondary N) is 2. The van der Waals surface area contributed by atoms with Gasteiger partial charge in [-0.2, -0.15) is 0 Å². The maximum Gasteiger partial charge on any atom is 0.234 e. The summed E-state index contributed by atoms with van der Waals surface area (Å²) in [6.45, 7) is 21.8. The maximum absolute atomic E-state index is 14.0. The lowest BCUT2D eigenvalue weighted by atomic mass is 9.85. The van der Waals surface area contributed by atoms with Crippen molar-refractivity contribution in [2.24, 2.45) is 11.8 Å². The smallest absolute Gasteiger partial charge is 0.234 e. The number of aromatic amines is 1. The molecule has 0 saturated heterocycles. The van der Waals surface area contributed by atoms with Gasteiger partial charge in [-0.25, -0.2) is 0 Å². The predicted molar refractivity (Wildman–Crippen MR) is 157 cm³/mol. The number of pyridine rings is 1. The SMILES string of the molecule is CCC(C)CN(CC(C)C)C(=O)C(C)(C)c1cc2c([C@H](C)CNC)c(-c3cc(C)cc(C)c3)[nH]c2cn1. The van der Waals surface area contributed by atoms with Crippen molar-refractivity contribution >= 4 is 16.8 Å². The van der Waals surface area contributed by atoms with Crippen LogP contribution in [-0.2, 0) is 10.2 Å². The summed E-state index contributed by atoms with van der Waals surface area (Å²) in [4.78, 5) is 24.6. The van der Waals surface area contributed by atoms with E-state index < -0.39 is 5.41 Å². The number of hydrogen-bond acceptors (Lipinski definition) is 3. The second kappa shape index (κ2) is 11.8. The van der Waals surface area contributed by atoms with Gasteiger partial charge in [0.2, 0.25) is 5.91 Å². The van der Waals surface area contributed by atoms with Gasteiger partial charge in [0.05, 0.1) is 28.5 Å². The number of hydrogen-bond donors (Lipinski definition) is 2. The van der Waals surface area contributed by atoms with Crippen LogP contribution in [0.25, 0.3) is 22.2 Å². The van der Waals surface area contributed by atoms with Crippen molar-refractivity contribution in [1.82, 2.24) is 20.2 Å². The standard InChI is InChI=1S/C32H48N4O/c1-11-21(4)19-36(18-20(2)3)31(37)32(8,9)28-15-26-27(17-34-28)35-30(29(26)24(7)16-33-10)25-13-22(5)12-23(6)14-25/h12-15,17,20-21,24,33,35H,11,16,18-19H2,1-10H3/t21?,24-/m1/s1. The molecule has 0 fully saturated rings. The third-order valence-electron chi connectivity index (χ3n) is 7.51. The first-order valence-corrected chi connectivity index (χ1v) is 13.9. The first-order chi connectivity index (χ1) is 17.4. The third kappa shape index (κ3) is 6.43. The molecule has 0 aliphatic heterocycles. The molecule has 1 amide bonds. The molecule has 2 atom stereocenters. The number of H-pyrrole nitrogens is 1. The van der Waals surface area contributed by atoms with Crippen LogP contribution >= 0.6 is 0 Å². The van der Waals surface area contributed by atoms with Gasteiger partial charge >= 0.3 is 0 Å². The van der Waals surface area contributed by atoms with E-state index in [1.165, 1.54) is 22.3 Å². The Morgan fingerprint density at radius 3 is 2.27 bits per heavy atom. The second-order valence-electron chi connectivity index (χ2n) is 12.1. The van der Waals surface area contributed by atoms with E-state index in [2.05, 4.69) is 87.9 Å². The molecule has 0 aliphatic rings. The van der Waals surface area contributed by atoms with E-state index in [1.807, 2.05) is 27.1 Å². The Labute approximate surface area is 224 Å². The van der Waals surface area contributed by atoms with Gasteiger partial charge in [-0.15, -0.1) is 0 Å². The lowest BCUT2D eigenvalue weighted by Gasteiger charge is -2.34. The molecule has 0 saturated carbocycles. The average molecular weight is 505 g/mol. The summed E-state index contributed by atoms with van der Waals surface area (Å²) in [6, 6.07) is 8.86. The lowest BCUT2D eigenvalue weighted by Crippen LogP contribution is -2.47. The fourth-order valence-electron chi connectivity index (χ4n) is 5.41. The van der Waals surface area contributed by atoms with Crippen LogP contribution in [0.5, 0.6) is 0 Å². The first-order valence-electron chi connectivity index (χ1n) is 13.9. The summed E-state index contributed by atoms with van der Waals surface area (Å²) in [5.41, 5.74) is 7.23. The predicted octanol–water partition coefficient (Wildman–Crippen LogP) is 6.98. The minimum Gasteiger partial charge on any atom is -0.353 e. The van der Waals surface area contributed by atoms with Crippen molar-refractivity contribution in [1.29, 1.82) is 0 Å². The topological polar surface area (TPSA) is 61.0 Å². The van der Waals surface area contributed by atoms with Gasteiger partial charge in [-0.1, -0.05) is 58.2 Å². The molecule has 5 nitrogen and oxygen atoms in total. The summed E-state index contributed by atoms with van der Waals surface area (Å²) in [6.07, 6.45) is 2.98. The Morgan fingerprint density at radius 2 is 1.70 bits per heavy atom. The summed E-state index contributed by atoms with van der Waals surface area (Å²) in [5, 5.41) is 4.50. The van der Waals surface area contributed by atoms with Gasteiger partial charge in [-0.3, -0.25) is 9.78 Å². The average Bonchev–Trinajstić information content (AvgIpc) is 3.21. The van der Waals surface area contributed by atoms with Crippen LogP contribution in [0, 0.1) is 25.7 Å². The quantitative estimate of drug-likeness (QED) is 0.296. The Hall–Kier alpha value is -2.66. The van der Waals surface area contributed by atoms with Crippen LogP contribution in [0.15, 0.2) is 30.5 Å².